The smallest absolute Gasteiger partial charge is 0.279 e. The van der Waals surface area contributed by atoms with E-state index in [1.54, 1.807) is 0 Å². The Bertz CT molecular complexity index is 461. The number of carbonyl (C=O) groups is 1. The third kappa shape index (κ3) is 4.32. The highest BCUT2D eigenvalue weighted by Gasteiger charge is 2.22. The lowest BCUT2D eigenvalue weighted by Crippen LogP contribution is -3.14. The van der Waals surface area contributed by atoms with Crippen molar-refractivity contribution in [3.8, 4) is 0 Å². The topological polar surface area (TPSA) is 33.5 Å². The van der Waals surface area contributed by atoms with Crippen LogP contribution in [0.15, 0.2) is 22.7 Å². The molecule has 0 radical (unpaired) electrons. The molecule has 1 aromatic rings. The Balaban J connectivity index is 1.90. The second-order valence-electron chi connectivity index (χ2n) is 5.64. The lowest BCUT2D eigenvalue weighted by molar-refractivity contribution is -0.900. The minimum Gasteiger partial charge on any atom is -0.327 e. The molecule has 0 spiro atoms. The van der Waals surface area contributed by atoms with E-state index in [1.807, 2.05) is 25.1 Å². The summed E-state index contributed by atoms with van der Waals surface area (Å²) in [6.45, 7) is 7.11. The molecular weight excluding hydrogens is 304 g/mol. The Hall–Kier alpha value is -0.870. The van der Waals surface area contributed by atoms with E-state index in [0.29, 0.717) is 6.54 Å². The quantitative estimate of drug-likeness (QED) is 0.875. The zero-order chi connectivity index (χ0) is 13.8. The average Bonchev–Trinajstić information content (AvgIpc) is 2.33. The predicted molar refractivity (Wildman–Crippen MR) is 81.5 cm³/mol. The van der Waals surface area contributed by atoms with Crippen molar-refractivity contribution in [1.82, 2.24) is 0 Å². The number of piperidine rings is 1. The fourth-order valence-corrected chi connectivity index (χ4v) is 3.22. The maximum absolute atomic E-state index is 12.1. The molecule has 2 rings (SSSR count). The van der Waals surface area contributed by atoms with Crippen LogP contribution >= 0.6 is 15.9 Å². The molecule has 1 aliphatic heterocycles. The second kappa shape index (κ2) is 6.53. The van der Waals surface area contributed by atoms with Crippen molar-refractivity contribution in [2.24, 2.45) is 5.92 Å². The Labute approximate surface area is 123 Å². The highest BCUT2D eigenvalue weighted by molar-refractivity contribution is 9.10. The number of anilines is 1. The number of hydrogen-bond acceptors (Lipinski definition) is 1. The van der Waals surface area contributed by atoms with E-state index >= 15 is 0 Å². The molecule has 0 bridgehead atoms. The molecule has 1 heterocycles. The minimum atomic E-state index is 0.120. The van der Waals surface area contributed by atoms with E-state index in [-0.39, 0.29) is 5.91 Å². The fourth-order valence-electron chi connectivity index (χ4n) is 2.75. The zero-order valence-electron chi connectivity index (χ0n) is 11.6. The van der Waals surface area contributed by atoms with E-state index in [0.717, 1.165) is 34.7 Å². The number of hydrogen-bond donors (Lipinski definition) is 2. The average molecular weight is 326 g/mol. The van der Waals surface area contributed by atoms with E-state index in [9.17, 15) is 4.79 Å². The number of likely N-dealkylation sites (tertiary alicyclic amines) is 1. The van der Waals surface area contributed by atoms with Gasteiger partial charge in [-0.25, -0.2) is 0 Å². The highest BCUT2D eigenvalue weighted by Crippen LogP contribution is 2.19. The van der Waals surface area contributed by atoms with Crippen molar-refractivity contribution >= 4 is 27.5 Å². The van der Waals surface area contributed by atoms with Crippen LogP contribution in [-0.4, -0.2) is 25.5 Å². The lowest BCUT2D eigenvalue weighted by Gasteiger charge is -2.27. The van der Waals surface area contributed by atoms with Crippen LogP contribution in [0.25, 0.3) is 0 Å². The highest BCUT2D eigenvalue weighted by atomic mass is 79.9. The number of halogens is 1. The van der Waals surface area contributed by atoms with Gasteiger partial charge < -0.3 is 10.2 Å². The summed E-state index contributed by atoms with van der Waals surface area (Å²) in [5, 5.41) is 3.02. The normalized spacial score (nSPS) is 23.1. The number of aryl methyl sites for hydroxylation is 1. The largest absolute Gasteiger partial charge is 0.327 e. The summed E-state index contributed by atoms with van der Waals surface area (Å²) in [5.74, 6) is 0.862. The van der Waals surface area contributed by atoms with Crippen molar-refractivity contribution in [1.29, 1.82) is 0 Å². The summed E-state index contributed by atoms with van der Waals surface area (Å²) < 4.78 is 1.04. The van der Waals surface area contributed by atoms with Gasteiger partial charge in [0.2, 0.25) is 0 Å². The predicted octanol–water partition coefficient (Wildman–Crippen LogP) is 2.01. The molecule has 2 N–H and O–H groups in total. The van der Waals surface area contributed by atoms with Crippen LogP contribution in [0.2, 0.25) is 0 Å². The first-order valence-corrected chi connectivity index (χ1v) is 7.73. The summed E-state index contributed by atoms with van der Waals surface area (Å²) in [4.78, 5) is 13.5. The van der Waals surface area contributed by atoms with Crippen LogP contribution in [0.5, 0.6) is 0 Å². The molecule has 2 atom stereocenters. The molecule has 1 fully saturated rings. The number of rotatable bonds is 3. The van der Waals surface area contributed by atoms with Crippen molar-refractivity contribution < 1.29 is 9.69 Å². The maximum atomic E-state index is 12.1. The number of benzene rings is 1. The van der Waals surface area contributed by atoms with Crippen molar-refractivity contribution in [2.45, 2.75) is 26.7 Å². The van der Waals surface area contributed by atoms with Gasteiger partial charge in [-0.15, -0.1) is 0 Å². The Morgan fingerprint density at radius 3 is 3.00 bits per heavy atom. The van der Waals surface area contributed by atoms with Gasteiger partial charge in [0, 0.05) is 16.1 Å². The molecule has 0 aromatic heterocycles. The van der Waals surface area contributed by atoms with Crippen LogP contribution in [0.4, 0.5) is 5.69 Å². The zero-order valence-corrected chi connectivity index (χ0v) is 13.2. The Morgan fingerprint density at radius 1 is 1.53 bits per heavy atom. The van der Waals surface area contributed by atoms with Gasteiger partial charge in [0.25, 0.3) is 5.91 Å². The lowest BCUT2D eigenvalue weighted by atomic mass is 10.0. The molecule has 0 saturated carbocycles. The monoisotopic (exact) mass is 325 g/mol. The number of nitrogens with one attached hydrogen (secondary N) is 2. The SMILES string of the molecule is Cc1cc(Br)ccc1NC(=O)C[NH+]1CCC[C@@H](C)C1. The molecule has 0 aliphatic carbocycles. The second-order valence-corrected chi connectivity index (χ2v) is 6.55. The van der Waals surface area contributed by atoms with E-state index < -0.39 is 0 Å². The first-order chi connectivity index (χ1) is 9.04. The molecule has 19 heavy (non-hydrogen) atoms. The van der Waals surface area contributed by atoms with Gasteiger partial charge in [0.1, 0.15) is 0 Å². The molecule has 1 aromatic carbocycles. The van der Waals surface area contributed by atoms with Crippen LogP contribution < -0.4 is 10.2 Å². The van der Waals surface area contributed by atoms with Crippen LogP contribution in [-0.2, 0) is 4.79 Å². The Morgan fingerprint density at radius 2 is 2.32 bits per heavy atom. The van der Waals surface area contributed by atoms with Crippen LogP contribution in [0, 0.1) is 12.8 Å². The molecular formula is C15H22BrN2O+. The summed E-state index contributed by atoms with van der Waals surface area (Å²) in [7, 11) is 0. The van der Waals surface area contributed by atoms with Gasteiger partial charge in [-0.3, -0.25) is 4.79 Å². The van der Waals surface area contributed by atoms with Gasteiger partial charge >= 0.3 is 0 Å². The van der Waals surface area contributed by atoms with Crippen molar-refractivity contribution in [3.05, 3.63) is 28.2 Å². The maximum Gasteiger partial charge on any atom is 0.279 e. The fraction of sp³-hybridized carbons (Fsp3) is 0.533. The van der Waals surface area contributed by atoms with Gasteiger partial charge in [-0.1, -0.05) is 22.9 Å². The van der Waals surface area contributed by atoms with Gasteiger partial charge in [0.15, 0.2) is 6.54 Å². The third-order valence-electron chi connectivity index (χ3n) is 3.74. The molecule has 1 saturated heterocycles. The molecule has 1 amide bonds. The molecule has 104 valence electrons. The molecule has 1 unspecified atom stereocenters. The summed E-state index contributed by atoms with van der Waals surface area (Å²) in [5.41, 5.74) is 2.00. The van der Waals surface area contributed by atoms with E-state index in [4.69, 9.17) is 0 Å². The molecule has 3 nitrogen and oxygen atoms in total. The van der Waals surface area contributed by atoms with E-state index in [2.05, 4.69) is 28.2 Å². The van der Waals surface area contributed by atoms with Crippen LogP contribution in [0.3, 0.4) is 0 Å². The van der Waals surface area contributed by atoms with Crippen molar-refractivity contribution in [3.63, 3.8) is 0 Å². The van der Waals surface area contributed by atoms with E-state index in [1.165, 1.54) is 17.7 Å². The minimum absolute atomic E-state index is 0.120. The Kier molecular flexibility index (Phi) is 4.99. The molecule has 1 aliphatic rings. The van der Waals surface area contributed by atoms with Gasteiger partial charge in [-0.05, 0) is 43.5 Å². The standard InChI is InChI=1S/C15H21BrN2O/c1-11-4-3-7-18(9-11)10-15(19)17-14-6-5-13(16)8-12(14)2/h5-6,8,11H,3-4,7,9-10H2,1-2H3,(H,17,19)/p+1/t11-/m1/s1. The summed E-state index contributed by atoms with van der Waals surface area (Å²) in [6.07, 6.45) is 2.54. The summed E-state index contributed by atoms with van der Waals surface area (Å²) in [6, 6.07) is 5.93. The van der Waals surface area contributed by atoms with Gasteiger partial charge in [-0.2, -0.15) is 0 Å². The van der Waals surface area contributed by atoms with Gasteiger partial charge in [0.05, 0.1) is 13.1 Å². The van der Waals surface area contributed by atoms with Crippen molar-refractivity contribution in [2.75, 3.05) is 25.0 Å². The summed E-state index contributed by atoms with van der Waals surface area (Å²) >= 11 is 3.43. The number of quaternary nitrogens is 1. The number of carbonyl (C=O) groups excluding carboxylic acids is 1. The van der Waals surface area contributed by atoms with Crippen LogP contribution in [0.1, 0.15) is 25.3 Å². The molecule has 4 heteroatoms. The first-order valence-electron chi connectivity index (χ1n) is 6.94. The first kappa shape index (κ1) is 14.5. The number of amides is 1. The third-order valence-corrected chi connectivity index (χ3v) is 4.23.